The Balaban J connectivity index is 2.28. The van der Waals surface area contributed by atoms with Gasteiger partial charge in [0.2, 0.25) is 5.91 Å². The highest BCUT2D eigenvalue weighted by Gasteiger charge is 2.46. The largest absolute Gasteiger partial charge is 0.388 e. The summed E-state index contributed by atoms with van der Waals surface area (Å²) in [4.78, 5) is 37.8. The van der Waals surface area contributed by atoms with Crippen molar-refractivity contribution in [3.05, 3.63) is 32.6 Å². The lowest BCUT2D eigenvalue weighted by atomic mass is 10.1. The van der Waals surface area contributed by atoms with E-state index in [2.05, 4.69) is 10.3 Å². The van der Waals surface area contributed by atoms with Crippen molar-refractivity contribution in [2.75, 3.05) is 33.0 Å². The van der Waals surface area contributed by atoms with Crippen LogP contribution in [0.2, 0.25) is 0 Å². The Morgan fingerprint density at radius 2 is 1.97 bits per heavy atom. The van der Waals surface area contributed by atoms with Gasteiger partial charge in [0.1, 0.15) is 18.8 Å². The molecule has 0 aromatic carbocycles. The number of hydrogen-bond acceptors (Lipinski definition) is 9. The molecule has 1 fully saturated rings. The lowest BCUT2D eigenvalue weighted by Gasteiger charge is -2.22. The SMILES string of the molecule is CCOP(=O)(CC[C@H]1O[C@@H](n2cc(C)c(=O)[nH]c2=O)[C@H](OCC(=O)NC)[C@@H]1O)OCC. The number of nitrogens with zero attached hydrogens (tertiary/aromatic N) is 1. The molecule has 0 radical (unpaired) electrons. The number of ether oxygens (including phenoxy) is 2. The van der Waals surface area contributed by atoms with Crippen molar-refractivity contribution < 1.29 is 33.0 Å². The molecule has 0 bridgehead atoms. The Morgan fingerprint density at radius 3 is 2.55 bits per heavy atom. The molecule has 4 atom stereocenters. The van der Waals surface area contributed by atoms with E-state index in [4.69, 9.17) is 18.5 Å². The Kier molecular flexibility index (Phi) is 9.16. The van der Waals surface area contributed by atoms with E-state index in [1.807, 2.05) is 0 Å². The molecule has 1 aromatic heterocycles. The van der Waals surface area contributed by atoms with Gasteiger partial charge in [0.15, 0.2) is 6.23 Å². The van der Waals surface area contributed by atoms with Crippen LogP contribution in [0.5, 0.6) is 0 Å². The molecule has 0 spiro atoms. The monoisotopic (exact) mass is 463 g/mol. The van der Waals surface area contributed by atoms with Crippen LogP contribution in [-0.4, -0.2) is 71.9 Å². The summed E-state index contributed by atoms with van der Waals surface area (Å²) < 4.78 is 35.8. The van der Waals surface area contributed by atoms with Crippen molar-refractivity contribution in [2.24, 2.45) is 0 Å². The maximum atomic E-state index is 12.7. The van der Waals surface area contributed by atoms with E-state index in [1.165, 1.54) is 20.2 Å². The zero-order valence-corrected chi connectivity index (χ0v) is 18.9. The first-order valence-corrected chi connectivity index (χ1v) is 11.7. The number of aromatic nitrogens is 2. The third kappa shape index (κ3) is 6.34. The van der Waals surface area contributed by atoms with Crippen molar-refractivity contribution in [1.29, 1.82) is 0 Å². The molecule has 176 valence electrons. The predicted octanol–water partition coefficient (Wildman–Crippen LogP) is -0.109. The summed E-state index contributed by atoms with van der Waals surface area (Å²) in [5.41, 5.74) is -1.05. The van der Waals surface area contributed by atoms with Crippen LogP contribution in [0.15, 0.2) is 15.8 Å². The van der Waals surface area contributed by atoms with Crippen LogP contribution >= 0.6 is 7.60 Å². The second-order valence-corrected chi connectivity index (χ2v) is 9.13. The van der Waals surface area contributed by atoms with Gasteiger partial charge in [-0.05, 0) is 27.2 Å². The van der Waals surface area contributed by atoms with E-state index in [0.717, 1.165) is 4.57 Å². The third-order valence-electron chi connectivity index (χ3n) is 4.76. The molecule has 1 aliphatic rings. The van der Waals surface area contributed by atoms with E-state index in [-0.39, 0.29) is 38.0 Å². The van der Waals surface area contributed by atoms with Gasteiger partial charge in [-0.25, -0.2) is 4.79 Å². The lowest BCUT2D eigenvalue weighted by molar-refractivity contribution is -0.132. The highest BCUT2D eigenvalue weighted by molar-refractivity contribution is 7.53. The molecule has 1 aliphatic heterocycles. The number of aromatic amines is 1. The van der Waals surface area contributed by atoms with Gasteiger partial charge in [0.25, 0.3) is 5.56 Å². The second kappa shape index (κ2) is 11.2. The van der Waals surface area contributed by atoms with Crippen molar-refractivity contribution in [1.82, 2.24) is 14.9 Å². The highest BCUT2D eigenvalue weighted by atomic mass is 31.2. The maximum Gasteiger partial charge on any atom is 0.330 e. The molecule has 1 amide bonds. The first-order chi connectivity index (χ1) is 14.7. The number of aliphatic hydroxyl groups is 1. The minimum atomic E-state index is -3.38. The molecule has 0 unspecified atom stereocenters. The molecular weight excluding hydrogens is 433 g/mol. The Bertz CT molecular complexity index is 905. The number of likely N-dealkylation sites (N-methyl/N-ethyl adjacent to an activating group) is 1. The highest BCUT2D eigenvalue weighted by Crippen LogP contribution is 2.49. The topological polar surface area (TPSA) is 158 Å². The summed E-state index contributed by atoms with van der Waals surface area (Å²) in [7, 11) is -1.95. The Morgan fingerprint density at radius 1 is 1.32 bits per heavy atom. The maximum absolute atomic E-state index is 12.7. The molecule has 13 heteroatoms. The van der Waals surface area contributed by atoms with Crippen molar-refractivity contribution in [2.45, 2.75) is 51.7 Å². The number of nitrogens with one attached hydrogen (secondary N) is 2. The van der Waals surface area contributed by atoms with Gasteiger partial charge < -0.3 is 28.9 Å². The summed E-state index contributed by atoms with van der Waals surface area (Å²) in [5, 5.41) is 13.2. The quantitative estimate of drug-likeness (QED) is 0.381. The zero-order valence-electron chi connectivity index (χ0n) is 18.0. The normalized spacial score (nSPS) is 23.8. The van der Waals surface area contributed by atoms with Crippen LogP contribution in [-0.2, 0) is 27.9 Å². The van der Waals surface area contributed by atoms with Crippen LogP contribution in [0.1, 0.15) is 32.1 Å². The molecule has 31 heavy (non-hydrogen) atoms. The average Bonchev–Trinajstić information content (AvgIpc) is 3.03. The van der Waals surface area contributed by atoms with Crippen LogP contribution in [0.3, 0.4) is 0 Å². The smallest absolute Gasteiger partial charge is 0.330 e. The van der Waals surface area contributed by atoms with Crippen LogP contribution in [0, 0.1) is 6.92 Å². The lowest BCUT2D eigenvalue weighted by Crippen LogP contribution is -2.41. The molecule has 12 nitrogen and oxygen atoms in total. The molecule has 0 aliphatic carbocycles. The van der Waals surface area contributed by atoms with Gasteiger partial charge in [-0.15, -0.1) is 0 Å². The minimum absolute atomic E-state index is 0.0230. The van der Waals surface area contributed by atoms with E-state index in [1.54, 1.807) is 13.8 Å². The number of rotatable bonds is 11. The van der Waals surface area contributed by atoms with Crippen LogP contribution in [0.25, 0.3) is 0 Å². The average molecular weight is 463 g/mol. The van der Waals surface area contributed by atoms with Crippen LogP contribution in [0.4, 0.5) is 0 Å². The van der Waals surface area contributed by atoms with Gasteiger partial charge in [-0.2, -0.15) is 0 Å². The van der Waals surface area contributed by atoms with Gasteiger partial charge >= 0.3 is 13.3 Å². The summed E-state index contributed by atoms with van der Waals surface area (Å²) in [5.74, 6) is -0.434. The van der Waals surface area contributed by atoms with Gasteiger partial charge in [-0.1, -0.05) is 0 Å². The first kappa shape index (κ1) is 25.4. The molecular formula is C18H30N3O9P. The summed E-state index contributed by atoms with van der Waals surface area (Å²) >= 11 is 0. The first-order valence-electron chi connectivity index (χ1n) is 10.0. The number of amides is 1. The number of carbonyl (C=O) groups is 1. The number of carbonyl (C=O) groups excluding carboxylic acids is 1. The molecule has 2 heterocycles. The Hall–Kier alpha value is -1.82. The standard InChI is InChI=1S/C18H30N3O9P/c1-5-28-31(26,29-6-2)8-7-12-14(23)15(27-10-13(22)19-4)17(30-12)21-9-11(3)16(24)20-18(21)25/h9,12,14-15,17,23H,5-8,10H2,1-4H3,(H,19,22)(H,20,24,25)/t12-,14-,15-,17-/m1/s1. The van der Waals surface area contributed by atoms with Gasteiger partial charge in [0, 0.05) is 18.8 Å². The second-order valence-electron chi connectivity index (χ2n) is 6.94. The van der Waals surface area contributed by atoms with Crippen LogP contribution < -0.4 is 16.6 Å². The minimum Gasteiger partial charge on any atom is -0.388 e. The predicted molar refractivity (Wildman–Crippen MR) is 110 cm³/mol. The summed E-state index contributed by atoms with van der Waals surface area (Å²) in [6, 6.07) is 0. The fourth-order valence-corrected chi connectivity index (χ4v) is 4.92. The molecule has 1 aromatic rings. The summed E-state index contributed by atoms with van der Waals surface area (Å²) in [6.07, 6.45) is -2.98. The number of aliphatic hydroxyl groups excluding tert-OH is 1. The fraction of sp³-hybridized carbons (Fsp3) is 0.722. The molecule has 0 saturated carbocycles. The summed E-state index contributed by atoms with van der Waals surface area (Å²) in [6.45, 7) is 4.90. The van der Waals surface area contributed by atoms with E-state index in [0.29, 0.717) is 0 Å². The third-order valence-corrected chi connectivity index (χ3v) is 6.87. The Labute approximate surface area is 179 Å². The fourth-order valence-electron chi connectivity index (χ4n) is 3.23. The molecule has 1 saturated heterocycles. The van der Waals surface area contributed by atoms with Crippen molar-refractivity contribution in [3.8, 4) is 0 Å². The van der Waals surface area contributed by atoms with Gasteiger partial charge in [-0.3, -0.25) is 23.7 Å². The van der Waals surface area contributed by atoms with E-state index < -0.39 is 49.3 Å². The van der Waals surface area contributed by atoms with Crippen molar-refractivity contribution in [3.63, 3.8) is 0 Å². The van der Waals surface area contributed by atoms with E-state index >= 15 is 0 Å². The molecule has 3 N–H and O–H groups in total. The van der Waals surface area contributed by atoms with Crippen molar-refractivity contribution >= 4 is 13.5 Å². The number of H-pyrrole nitrogens is 1. The van der Waals surface area contributed by atoms with E-state index in [9.17, 15) is 24.1 Å². The molecule has 2 rings (SSSR count). The van der Waals surface area contributed by atoms with Gasteiger partial charge in [0.05, 0.1) is 25.5 Å². The number of hydrogen-bond donors (Lipinski definition) is 3. The number of aryl methyl sites for hydroxylation is 1. The zero-order chi connectivity index (χ0) is 23.2.